The summed E-state index contributed by atoms with van der Waals surface area (Å²) in [5.74, 6) is -2.40. The Morgan fingerprint density at radius 3 is 2.30 bits per heavy atom. The van der Waals surface area contributed by atoms with Crippen LogP contribution >= 0.6 is 0 Å². The fraction of sp³-hybridized carbons (Fsp3) is 0.467. The third kappa shape index (κ3) is 2.81. The smallest absolute Gasteiger partial charge is 0.307 e. The van der Waals surface area contributed by atoms with E-state index < -0.39 is 17.8 Å². The molecule has 1 saturated carbocycles. The number of carboxylic acids is 1. The van der Waals surface area contributed by atoms with Gasteiger partial charge in [0.1, 0.15) is 5.82 Å². The van der Waals surface area contributed by atoms with Crippen LogP contribution in [0.4, 0.5) is 10.1 Å². The molecule has 1 unspecified atom stereocenters. The van der Waals surface area contributed by atoms with Gasteiger partial charge in [0.2, 0.25) is 5.91 Å². The molecule has 5 heteroatoms. The Balaban J connectivity index is 2.17. The Morgan fingerprint density at radius 1 is 1.20 bits per heavy atom. The first-order valence-electron chi connectivity index (χ1n) is 6.66. The molecule has 1 aliphatic rings. The minimum atomic E-state index is -0.916. The molecular weight excluding hydrogens is 261 g/mol. The number of rotatable bonds is 3. The van der Waals surface area contributed by atoms with Crippen molar-refractivity contribution < 1.29 is 19.1 Å². The molecule has 0 spiro atoms. The summed E-state index contributed by atoms with van der Waals surface area (Å²) < 4.78 is 12.9. The van der Waals surface area contributed by atoms with Crippen LogP contribution in [0.15, 0.2) is 24.3 Å². The average Bonchev–Trinajstić information content (AvgIpc) is 2.80. The van der Waals surface area contributed by atoms with Gasteiger partial charge in [0, 0.05) is 12.7 Å². The fourth-order valence-corrected chi connectivity index (χ4v) is 2.88. The van der Waals surface area contributed by atoms with E-state index in [-0.39, 0.29) is 17.6 Å². The second-order valence-corrected chi connectivity index (χ2v) is 5.50. The lowest BCUT2D eigenvalue weighted by Gasteiger charge is -2.23. The molecule has 1 fully saturated rings. The van der Waals surface area contributed by atoms with Crippen LogP contribution in [0.25, 0.3) is 0 Å². The summed E-state index contributed by atoms with van der Waals surface area (Å²) in [6, 6.07) is 5.60. The van der Waals surface area contributed by atoms with Crippen LogP contribution < -0.4 is 4.90 Å². The van der Waals surface area contributed by atoms with Crippen molar-refractivity contribution in [2.45, 2.75) is 19.8 Å². The normalized spacial score (nSPS) is 25.4. The van der Waals surface area contributed by atoms with Crippen LogP contribution in [-0.2, 0) is 9.59 Å². The van der Waals surface area contributed by atoms with Gasteiger partial charge in [0.05, 0.1) is 11.8 Å². The Morgan fingerprint density at radius 2 is 1.75 bits per heavy atom. The standard InChI is InChI=1S/C15H18FNO3/c1-9-7-12(13(8-9)15(19)20)14(18)17(2)11-5-3-10(16)4-6-11/h3-6,9,12-13H,7-8H2,1-2H3,(H,19,20)/t9?,12-,13+/m0/s1. The second kappa shape index (κ2) is 5.61. The quantitative estimate of drug-likeness (QED) is 0.925. The van der Waals surface area contributed by atoms with Crippen molar-refractivity contribution in [1.29, 1.82) is 0 Å². The molecule has 20 heavy (non-hydrogen) atoms. The number of aliphatic carboxylic acids is 1. The summed E-state index contributed by atoms with van der Waals surface area (Å²) in [7, 11) is 1.59. The number of carboxylic acid groups (broad SMARTS) is 1. The number of anilines is 1. The van der Waals surface area contributed by atoms with Crippen LogP contribution in [0.5, 0.6) is 0 Å². The van der Waals surface area contributed by atoms with E-state index in [0.29, 0.717) is 18.5 Å². The molecule has 0 aliphatic heterocycles. The molecule has 0 aromatic heterocycles. The first-order valence-corrected chi connectivity index (χ1v) is 6.66. The summed E-state index contributed by atoms with van der Waals surface area (Å²) in [5, 5.41) is 9.22. The molecule has 1 N–H and O–H groups in total. The van der Waals surface area contributed by atoms with Crippen LogP contribution in [0.3, 0.4) is 0 Å². The molecule has 1 aromatic carbocycles. The molecule has 108 valence electrons. The van der Waals surface area contributed by atoms with Gasteiger partial charge in [-0.25, -0.2) is 4.39 Å². The lowest BCUT2D eigenvalue weighted by molar-refractivity contribution is -0.145. The molecule has 0 saturated heterocycles. The molecule has 2 rings (SSSR count). The van der Waals surface area contributed by atoms with E-state index in [4.69, 9.17) is 0 Å². The predicted octanol–water partition coefficient (Wildman–Crippen LogP) is 2.54. The van der Waals surface area contributed by atoms with E-state index in [1.54, 1.807) is 7.05 Å². The van der Waals surface area contributed by atoms with E-state index >= 15 is 0 Å². The summed E-state index contributed by atoms with van der Waals surface area (Å²) in [6.07, 6.45) is 1.12. The van der Waals surface area contributed by atoms with Crippen molar-refractivity contribution in [2.24, 2.45) is 17.8 Å². The number of benzene rings is 1. The van der Waals surface area contributed by atoms with E-state index in [2.05, 4.69) is 0 Å². The molecule has 1 aliphatic carbocycles. The summed E-state index contributed by atoms with van der Waals surface area (Å²) in [5.41, 5.74) is 0.570. The zero-order chi connectivity index (χ0) is 14.9. The van der Waals surface area contributed by atoms with Crippen molar-refractivity contribution in [3.63, 3.8) is 0 Å². The topological polar surface area (TPSA) is 57.6 Å². The number of carbonyl (C=O) groups is 2. The molecule has 3 atom stereocenters. The molecule has 0 radical (unpaired) electrons. The van der Waals surface area contributed by atoms with Crippen molar-refractivity contribution in [3.8, 4) is 0 Å². The minimum absolute atomic E-state index is 0.214. The monoisotopic (exact) mass is 279 g/mol. The third-order valence-electron chi connectivity index (χ3n) is 3.98. The maximum Gasteiger partial charge on any atom is 0.307 e. The van der Waals surface area contributed by atoms with E-state index in [0.717, 1.165) is 0 Å². The zero-order valence-corrected chi connectivity index (χ0v) is 11.5. The fourth-order valence-electron chi connectivity index (χ4n) is 2.88. The highest BCUT2D eigenvalue weighted by atomic mass is 19.1. The third-order valence-corrected chi connectivity index (χ3v) is 3.98. The average molecular weight is 279 g/mol. The van der Waals surface area contributed by atoms with Gasteiger partial charge < -0.3 is 10.0 Å². The number of hydrogen-bond donors (Lipinski definition) is 1. The highest BCUT2D eigenvalue weighted by Gasteiger charge is 2.42. The highest BCUT2D eigenvalue weighted by molar-refractivity contribution is 5.97. The first-order chi connectivity index (χ1) is 9.40. The lowest BCUT2D eigenvalue weighted by atomic mass is 9.94. The van der Waals surface area contributed by atoms with Crippen molar-refractivity contribution in [1.82, 2.24) is 0 Å². The summed E-state index contributed by atoms with van der Waals surface area (Å²) >= 11 is 0. The van der Waals surface area contributed by atoms with Gasteiger partial charge in [-0.1, -0.05) is 6.92 Å². The van der Waals surface area contributed by atoms with Crippen molar-refractivity contribution >= 4 is 17.6 Å². The van der Waals surface area contributed by atoms with Gasteiger partial charge in [-0.15, -0.1) is 0 Å². The van der Waals surface area contributed by atoms with Crippen LogP contribution in [0.1, 0.15) is 19.8 Å². The Labute approximate surface area is 117 Å². The number of carbonyl (C=O) groups excluding carboxylic acids is 1. The molecule has 0 heterocycles. The van der Waals surface area contributed by atoms with Crippen LogP contribution in [-0.4, -0.2) is 24.0 Å². The van der Waals surface area contributed by atoms with Gasteiger partial charge >= 0.3 is 5.97 Å². The van der Waals surface area contributed by atoms with Gasteiger partial charge in [-0.2, -0.15) is 0 Å². The Hall–Kier alpha value is -1.91. The number of nitrogens with zero attached hydrogens (tertiary/aromatic N) is 1. The van der Waals surface area contributed by atoms with E-state index in [1.807, 2.05) is 6.92 Å². The van der Waals surface area contributed by atoms with Gasteiger partial charge in [-0.3, -0.25) is 9.59 Å². The minimum Gasteiger partial charge on any atom is -0.481 e. The number of hydrogen-bond acceptors (Lipinski definition) is 2. The van der Waals surface area contributed by atoms with Gasteiger partial charge in [-0.05, 0) is 43.0 Å². The van der Waals surface area contributed by atoms with Crippen LogP contribution in [0, 0.1) is 23.6 Å². The molecule has 1 amide bonds. The van der Waals surface area contributed by atoms with Crippen molar-refractivity contribution in [2.75, 3.05) is 11.9 Å². The SMILES string of the molecule is CC1C[C@H](C(=O)N(C)c2ccc(F)cc2)[C@H](C(=O)O)C1. The largest absolute Gasteiger partial charge is 0.481 e. The Bertz CT molecular complexity index is 514. The van der Waals surface area contributed by atoms with Gasteiger partial charge in [0.25, 0.3) is 0 Å². The van der Waals surface area contributed by atoms with Gasteiger partial charge in [0.15, 0.2) is 0 Å². The number of halogens is 1. The van der Waals surface area contributed by atoms with Crippen LogP contribution in [0.2, 0.25) is 0 Å². The first kappa shape index (κ1) is 14.5. The number of amides is 1. The van der Waals surface area contributed by atoms with E-state index in [9.17, 15) is 19.1 Å². The zero-order valence-electron chi connectivity index (χ0n) is 11.5. The summed E-state index contributed by atoms with van der Waals surface area (Å²) in [4.78, 5) is 25.1. The predicted molar refractivity (Wildman–Crippen MR) is 72.8 cm³/mol. The molecule has 4 nitrogen and oxygen atoms in total. The van der Waals surface area contributed by atoms with E-state index in [1.165, 1.54) is 29.2 Å². The maximum atomic E-state index is 12.9. The molecule has 0 bridgehead atoms. The molecular formula is C15H18FNO3. The molecule has 1 aromatic rings. The van der Waals surface area contributed by atoms with Crippen molar-refractivity contribution in [3.05, 3.63) is 30.1 Å². The maximum absolute atomic E-state index is 12.9. The Kier molecular flexibility index (Phi) is 4.06. The summed E-state index contributed by atoms with van der Waals surface area (Å²) in [6.45, 7) is 1.96. The second-order valence-electron chi connectivity index (χ2n) is 5.50. The lowest BCUT2D eigenvalue weighted by Crippen LogP contribution is -2.36. The highest BCUT2D eigenvalue weighted by Crippen LogP contribution is 2.38.